The summed E-state index contributed by atoms with van der Waals surface area (Å²) in [6.07, 6.45) is -3.69. The number of alkyl halides is 3. The second-order valence-electron chi connectivity index (χ2n) is 1.79. The van der Waals surface area contributed by atoms with E-state index in [2.05, 4.69) is 10.2 Å². The molecule has 0 amide bonds. The van der Waals surface area contributed by atoms with E-state index in [0.29, 0.717) is 0 Å². The van der Waals surface area contributed by atoms with Crippen LogP contribution in [0.4, 0.5) is 13.2 Å². The van der Waals surface area contributed by atoms with Crippen molar-refractivity contribution in [2.45, 2.75) is 6.18 Å². The van der Waals surface area contributed by atoms with Crippen molar-refractivity contribution in [1.29, 1.82) is 0 Å². The lowest BCUT2D eigenvalue weighted by Crippen LogP contribution is -2.22. The first-order chi connectivity index (χ1) is 5.02. The second-order valence-corrected chi connectivity index (χ2v) is 1.79. The molecule has 0 saturated heterocycles. The van der Waals surface area contributed by atoms with Crippen molar-refractivity contribution in [1.82, 2.24) is 10.2 Å². The largest absolute Gasteiger partial charge is 0.456 e. The Morgan fingerprint density at radius 1 is 1.55 bits per heavy atom. The standard InChI is InChI=1S/C5H3F3N2O/c6-5(7,8)4(11)3-1-2-9-10-3/h1-2H,(H,9,10). The average molecular weight is 164 g/mol. The normalized spacial score (nSPS) is 11.5. The van der Waals surface area contributed by atoms with Crippen molar-refractivity contribution in [3.8, 4) is 0 Å². The van der Waals surface area contributed by atoms with Crippen molar-refractivity contribution in [2.75, 3.05) is 0 Å². The van der Waals surface area contributed by atoms with Crippen LogP contribution < -0.4 is 0 Å². The molecule has 0 saturated carbocycles. The molecule has 0 unspecified atom stereocenters. The van der Waals surface area contributed by atoms with Crippen molar-refractivity contribution in [2.24, 2.45) is 0 Å². The predicted molar refractivity (Wildman–Crippen MR) is 29.0 cm³/mol. The smallest absolute Gasteiger partial charge is 0.285 e. The van der Waals surface area contributed by atoms with Crippen LogP contribution in [0.2, 0.25) is 0 Å². The molecular weight excluding hydrogens is 161 g/mol. The van der Waals surface area contributed by atoms with Crippen molar-refractivity contribution in [3.63, 3.8) is 0 Å². The molecule has 6 heteroatoms. The minimum absolute atomic E-state index is 0.613. The zero-order chi connectivity index (χ0) is 8.48. The van der Waals surface area contributed by atoms with Crippen LogP contribution in [-0.4, -0.2) is 22.2 Å². The van der Waals surface area contributed by atoms with Crippen molar-refractivity contribution in [3.05, 3.63) is 18.0 Å². The minimum atomic E-state index is -4.84. The van der Waals surface area contributed by atoms with Crippen molar-refractivity contribution >= 4 is 5.78 Å². The van der Waals surface area contributed by atoms with Crippen LogP contribution in [0, 0.1) is 0 Å². The zero-order valence-corrected chi connectivity index (χ0v) is 5.14. The van der Waals surface area contributed by atoms with Crippen molar-refractivity contribution < 1.29 is 18.0 Å². The molecule has 1 N–H and O–H groups in total. The monoisotopic (exact) mass is 164 g/mol. The molecule has 0 aliphatic rings. The zero-order valence-electron chi connectivity index (χ0n) is 5.14. The van der Waals surface area contributed by atoms with Gasteiger partial charge in [-0.15, -0.1) is 0 Å². The van der Waals surface area contributed by atoms with Crippen LogP contribution in [0.25, 0.3) is 0 Å². The Balaban J connectivity index is 2.88. The van der Waals surface area contributed by atoms with Gasteiger partial charge in [0.25, 0.3) is 5.78 Å². The highest BCUT2D eigenvalue weighted by Crippen LogP contribution is 2.19. The molecule has 0 aliphatic heterocycles. The summed E-state index contributed by atoms with van der Waals surface area (Å²) in [7, 11) is 0. The van der Waals surface area contributed by atoms with Crippen LogP contribution >= 0.6 is 0 Å². The average Bonchev–Trinajstić information content (AvgIpc) is 2.34. The predicted octanol–water partition coefficient (Wildman–Crippen LogP) is 1.15. The number of rotatable bonds is 1. The van der Waals surface area contributed by atoms with Crippen LogP contribution in [0.1, 0.15) is 10.5 Å². The Kier molecular flexibility index (Phi) is 1.67. The van der Waals surface area contributed by atoms with E-state index < -0.39 is 17.7 Å². The van der Waals surface area contributed by atoms with E-state index in [4.69, 9.17) is 0 Å². The molecule has 0 aliphatic carbocycles. The molecule has 0 aromatic carbocycles. The maximum absolute atomic E-state index is 11.6. The highest BCUT2D eigenvalue weighted by molar-refractivity contribution is 5.98. The first-order valence-electron chi connectivity index (χ1n) is 2.63. The Morgan fingerprint density at radius 2 is 2.18 bits per heavy atom. The third-order valence-corrected chi connectivity index (χ3v) is 0.991. The fraction of sp³-hybridized carbons (Fsp3) is 0.200. The van der Waals surface area contributed by atoms with Gasteiger partial charge in [-0.25, -0.2) is 0 Å². The number of halogens is 3. The maximum atomic E-state index is 11.6. The number of nitrogens with one attached hydrogen (secondary N) is 1. The Hall–Kier alpha value is -1.33. The summed E-state index contributed by atoms with van der Waals surface area (Å²) in [4.78, 5) is 10.3. The van der Waals surface area contributed by atoms with Gasteiger partial charge in [0.05, 0.1) is 0 Å². The van der Waals surface area contributed by atoms with Crippen LogP contribution in [0.3, 0.4) is 0 Å². The molecule has 1 aromatic rings. The molecule has 3 nitrogen and oxygen atoms in total. The van der Waals surface area contributed by atoms with Gasteiger partial charge in [0.15, 0.2) is 0 Å². The van der Waals surface area contributed by atoms with Gasteiger partial charge in [0.1, 0.15) is 5.69 Å². The molecule has 0 bridgehead atoms. The quantitative estimate of drug-likeness (QED) is 0.633. The third-order valence-electron chi connectivity index (χ3n) is 0.991. The van der Waals surface area contributed by atoms with Gasteiger partial charge in [-0.05, 0) is 6.07 Å². The lowest BCUT2D eigenvalue weighted by molar-refractivity contribution is -0.0888. The summed E-state index contributed by atoms with van der Waals surface area (Å²) < 4.78 is 34.8. The van der Waals surface area contributed by atoms with E-state index in [1.54, 1.807) is 0 Å². The molecule has 60 valence electrons. The number of aromatic amines is 1. The fourth-order valence-electron chi connectivity index (χ4n) is 0.532. The first kappa shape index (κ1) is 7.77. The topological polar surface area (TPSA) is 45.8 Å². The molecule has 1 heterocycles. The van der Waals surface area contributed by atoms with Gasteiger partial charge >= 0.3 is 6.18 Å². The molecule has 1 aromatic heterocycles. The van der Waals surface area contributed by atoms with Crippen LogP contribution in [-0.2, 0) is 0 Å². The molecule has 0 radical (unpaired) electrons. The summed E-state index contributed by atoms with van der Waals surface area (Å²) in [6.45, 7) is 0. The Labute approximate surface area is 59.2 Å². The summed E-state index contributed by atoms with van der Waals surface area (Å²) in [5.74, 6) is -1.93. The number of nitrogens with zero attached hydrogens (tertiary/aromatic N) is 1. The summed E-state index contributed by atoms with van der Waals surface area (Å²) >= 11 is 0. The third kappa shape index (κ3) is 1.57. The highest BCUT2D eigenvalue weighted by atomic mass is 19.4. The molecule has 0 spiro atoms. The van der Waals surface area contributed by atoms with Crippen LogP contribution in [0.5, 0.6) is 0 Å². The number of aromatic nitrogens is 2. The van der Waals surface area contributed by atoms with Gasteiger partial charge in [-0.2, -0.15) is 18.3 Å². The van der Waals surface area contributed by atoms with Gasteiger partial charge in [0.2, 0.25) is 0 Å². The number of carbonyl (C=O) groups is 1. The van der Waals surface area contributed by atoms with Gasteiger partial charge < -0.3 is 0 Å². The number of ketones is 1. The Morgan fingerprint density at radius 3 is 2.55 bits per heavy atom. The van der Waals surface area contributed by atoms with Gasteiger partial charge in [0, 0.05) is 6.20 Å². The van der Waals surface area contributed by atoms with E-state index >= 15 is 0 Å². The lowest BCUT2D eigenvalue weighted by Gasteiger charge is -1.99. The summed E-state index contributed by atoms with van der Waals surface area (Å²) in [6, 6.07) is 0.968. The van der Waals surface area contributed by atoms with Gasteiger partial charge in [-0.3, -0.25) is 9.89 Å². The SMILES string of the molecule is O=C(c1cc[nH]n1)C(F)(F)F. The van der Waals surface area contributed by atoms with Gasteiger partial charge in [-0.1, -0.05) is 0 Å². The minimum Gasteiger partial charge on any atom is -0.285 e. The first-order valence-corrected chi connectivity index (χ1v) is 2.63. The summed E-state index contributed by atoms with van der Waals surface area (Å²) in [5, 5.41) is 5.20. The number of hydrogen-bond donors (Lipinski definition) is 1. The van der Waals surface area contributed by atoms with E-state index in [-0.39, 0.29) is 0 Å². The fourth-order valence-corrected chi connectivity index (χ4v) is 0.532. The van der Waals surface area contributed by atoms with E-state index in [1.165, 1.54) is 0 Å². The maximum Gasteiger partial charge on any atom is 0.456 e. The molecule has 1 rings (SSSR count). The van der Waals surface area contributed by atoms with E-state index in [0.717, 1.165) is 12.3 Å². The van der Waals surface area contributed by atoms with Crippen LogP contribution in [0.15, 0.2) is 12.3 Å². The van der Waals surface area contributed by atoms with E-state index in [9.17, 15) is 18.0 Å². The number of H-pyrrole nitrogens is 1. The number of Topliss-reactive ketones (excluding diaryl/α,β-unsaturated/α-hetero) is 1. The number of carbonyl (C=O) groups excluding carboxylic acids is 1. The number of hydrogen-bond acceptors (Lipinski definition) is 2. The second kappa shape index (κ2) is 2.37. The molecule has 0 fully saturated rings. The van der Waals surface area contributed by atoms with E-state index in [1.807, 2.05) is 0 Å². The molecule has 11 heavy (non-hydrogen) atoms. The highest BCUT2D eigenvalue weighted by Gasteiger charge is 2.40. The molecule has 0 atom stereocenters. The molecular formula is C5H3F3N2O. The Bertz CT molecular complexity index is 251. The lowest BCUT2D eigenvalue weighted by atomic mass is 10.3. The summed E-state index contributed by atoms with van der Waals surface area (Å²) in [5.41, 5.74) is -0.613.